The van der Waals surface area contributed by atoms with Crippen LogP contribution < -0.4 is 5.32 Å². The van der Waals surface area contributed by atoms with E-state index < -0.39 is 16.1 Å². The van der Waals surface area contributed by atoms with Crippen molar-refractivity contribution in [3.05, 3.63) is 48.0 Å². The van der Waals surface area contributed by atoms with E-state index in [1.165, 1.54) is 15.9 Å². The number of carbonyl (C=O) groups excluding carboxylic acids is 1. The first-order chi connectivity index (χ1) is 13.9. The summed E-state index contributed by atoms with van der Waals surface area (Å²) in [5, 5.41) is 2.86. The molecule has 0 unspecified atom stereocenters. The lowest BCUT2D eigenvalue weighted by Gasteiger charge is -2.23. The summed E-state index contributed by atoms with van der Waals surface area (Å²) in [7, 11) is -3.86. The number of benzene rings is 2. The van der Waals surface area contributed by atoms with Crippen molar-refractivity contribution in [2.24, 2.45) is 0 Å². The van der Waals surface area contributed by atoms with Crippen molar-refractivity contribution in [1.82, 2.24) is 13.1 Å². The van der Waals surface area contributed by atoms with Gasteiger partial charge in [0.2, 0.25) is 15.9 Å². The minimum Gasteiger partial charge on any atom is -0.325 e. The molecule has 1 aliphatic heterocycles. The van der Waals surface area contributed by atoms with Crippen LogP contribution in [0.3, 0.4) is 0 Å². The highest BCUT2D eigenvalue weighted by Crippen LogP contribution is 2.30. The molecule has 0 radical (unpaired) electrons. The standard InChI is InChI=1S/C20H22N4O3S2/c1-13(2)14-8-10-15(11-9-14)21-20(25)17-6-4-12-24(17)29(26,27)18-7-3-5-16-19(18)23-28-22-16/h3,5,7-11,13,17H,4,6,12H2,1-2H3,(H,21,25)/t17-/m1/s1. The minimum atomic E-state index is -3.86. The summed E-state index contributed by atoms with van der Waals surface area (Å²) in [5.41, 5.74) is 2.74. The van der Waals surface area contributed by atoms with Gasteiger partial charge in [0.05, 0.1) is 11.7 Å². The van der Waals surface area contributed by atoms with Crippen LogP contribution in [0.5, 0.6) is 0 Å². The van der Waals surface area contributed by atoms with Crippen molar-refractivity contribution in [2.75, 3.05) is 11.9 Å². The largest absolute Gasteiger partial charge is 0.325 e. The maximum atomic E-state index is 13.3. The Morgan fingerprint density at radius 1 is 1.17 bits per heavy atom. The predicted octanol–water partition coefficient (Wildman–Crippen LogP) is 3.61. The molecule has 0 spiro atoms. The molecule has 2 heterocycles. The van der Waals surface area contributed by atoms with Crippen LogP contribution in [0, 0.1) is 0 Å². The Hall–Kier alpha value is -2.36. The van der Waals surface area contributed by atoms with Gasteiger partial charge in [-0.2, -0.15) is 13.1 Å². The molecule has 152 valence electrons. The van der Waals surface area contributed by atoms with Crippen LogP contribution in [-0.4, -0.2) is 40.0 Å². The first-order valence-electron chi connectivity index (χ1n) is 9.52. The first-order valence-corrected chi connectivity index (χ1v) is 11.7. The van der Waals surface area contributed by atoms with Gasteiger partial charge in [-0.1, -0.05) is 32.0 Å². The third kappa shape index (κ3) is 3.77. The smallest absolute Gasteiger partial charge is 0.246 e. The van der Waals surface area contributed by atoms with Crippen LogP contribution in [0.4, 0.5) is 5.69 Å². The molecule has 1 aliphatic rings. The van der Waals surface area contributed by atoms with Gasteiger partial charge in [0.25, 0.3) is 0 Å². The normalized spacial score (nSPS) is 17.8. The molecule has 1 N–H and O–H groups in total. The highest BCUT2D eigenvalue weighted by atomic mass is 32.2. The van der Waals surface area contributed by atoms with Gasteiger partial charge in [0, 0.05) is 12.2 Å². The molecule has 1 amide bonds. The van der Waals surface area contributed by atoms with Crippen LogP contribution in [0.1, 0.15) is 38.2 Å². The number of anilines is 1. The van der Waals surface area contributed by atoms with E-state index in [1.54, 1.807) is 12.1 Å². The molecular formula is C20H22N4O3S2. The van der Waals surface area contributed by atoms with Gasteiger partial charge in [-0.3, -0.25) is 4.79 Å². The van der Waals surface area contributed by atoms with Gasteiger partial charge in [0.1, 0.15) is 22.0 Å². The topological polar surface area (TPSA) is 92.3 Å². The van der Waals surface area contributed by atoms with Gasteiger partial charge in [-0.05, 0) is 48.6 Å². The summed E-state index contributed by atoms with van der Waals surface area (Å²) in [6.45, 7) is 4.52. The Labute approximate surface area is 174 Å². The molecule has 3 aromatic rings. The third-order valence-corrected chi connectivity index (χ3v) is 7.67. The second-order valence-corrected chi connectivity index (χ2v) is 9.82. The molecule has 1 fully saturated rings. The Morgan fingerprint density at radius 2 is 1.93 bits per heavy atom. The maximum absolute atomic E-state index is 13.3. The lowest BCUT2D eigenvalue weighted by molar-refractivity contribution is -0.119. The average Bonchev–Trinajstić information content (AvgIpc) is 3.37. The zero-order valence-corrected chi connectivity index (χ0v) is 17.8. The molecule has 0 bridgehead atoms. The lowest BCUT2D eigenvalue weighted by atomic mass is 10.0. The molecule has 0 aliphatic carbocycles. The van der Waals surface area contributed by atoms with E-state index in [0.717, 1.165) is 11.7 Å². The monoisotopic (exact) mass is 430 g/mol. The van der Waals surface area contributed by atoms with Crippen molar-refractivity contribution in [1.29, 1.82) is 0 Å². The Morgan fingerprint density at radius 3 is 2.66 bits per heavy atom. The van der Waals surface area contributed by atoms with Crippen molar-refractivity contribution >= 4 is 44.4 Å². The number of hydrogen-bond donors (Lipinski definition) is 1. The highest BCUT2D eigenvalue weighted by Gasteiger charge is 2.40. The van der Waals surface area contributed by atoms with Gasteiger partial charge in [-0.15, -0.1) is 0 Å². The van der Waals surface area contributed by atoms with Gasteiger partial charge in [-0.25, -0.2) is 8.42 Å². The molecule has 29 heavy (non-hydrogen) atoms. The minimum absolute atomic E-state index is 0.102. The number of aromatic nitrogens is 2. The number of sulfonamides is 1. The molecule has 2 aromatic carbocycles. The number of fused-ring (bicyclic) bond motifs is 1. The molecular weight excluding hydrogens is 408 g/mol. The van der Waals surface area contributed by atoms with E-state index in [1.807, 2.05) is 24.3 Å². The molecule has 1 aromatic heterocycles. The van der Waals surface area contributed by atoms with E-state index in [9.17, 15) is 13.2 Å². The van der Waals surface area contributed by atoms with Gasteiger partial charge < -0.3 is 5.32 Å². The van der Waals surface area contributed by atoms with Crippen LogP contribution in [0.15, 0.2) is 47.4 Å². The SMILES string of the molecule is CC(C)c1ccc(NC(=O)[C@H]2CCCN2S(=O)(=O)c2cccc3nsnc23)cc1. The molecule has 7 nitrogen and oxygen atoms in total. The van der Waals surface area contributed by atoms with Crippen LogP contribution in [0.2, 0.25) is 0 Å². The number of rotatable bonds is 5. The van der Waals surface area contributed by atoms with E-state index in [0.29, 0.717) is 42.0 Å². The lowest BCUT2D eigenvalue weighted by Crippen LogP contribution is -2.43. The quantitative estimate of drug-likeness (QED) is 0.668. The van der Waals surface area contributed by atoms with Crippen LogP contribution >= 0.6 is 11.7 Å². The summed E-state index contributed by atoms with van der Waals surface area (Å²) in [5.74, 6) is 0.0880. The fraction of sp³-hybridized carbons (Fsp3) is 0.350. The van der Waals surface area contributed by atoms with Crippen LogP contribution in [-0.2, 0) is 14.8 Å². The number of hydrogen-bond acceptors (Lipinski definition) is 6. The molecule has 4 rings (SSSR count). The fourth-order valence-corrected chi connectivity index (χ4v) is 5.99. The molecule has 1 saturated heterocycles. The predicted molar refractivity (Wildman–Crippen MR) is 113 cm³/mol. The number of nitrogens with one attached hydrogen (secondary N) is 1. The van der Waals surface area contributed by atoms with Gasteiger partial charge >= 0.3 is 0 Å². The summed E-state index contributed by atoms with van der Waals surface area (Å²) in [6, 6.07) is 11.8. The van der Waals surface area contributed by atoms with E-state index in [2.05, 4.69) is 27.9 Å². The Bertz CT molecular complexity index is 1140. The van der Waals surface area contributed by atoms with Crippen molar-refractivity contribution in [3.63, 3.8) is 0 Å². The third-order valence-electron chi connectivity index (χ3n) is 5.19. The second kappa shape index (κ2) is 7.81. The van der Waals surface area contributed by atoms with E-state index in [4.69, 9.17) is 0 Å². The molecule has 9 heteroatoms. The van der Waals surface area contributed by atoms with Crippen molar-refractivity contribution in [3.8, 4) is 0 Å². The number of carbonyl (C=O) groups is 1. The van der Waals surface area contributed by atoms with Crippen molar-refractivity contribution < 1.29 is 13.2 Å². The van der Waals surface area contributed by atoms with E-state index >= 15 is 0 Å². The molecule has 0 saturated carbocycles. The second-order valence-electron chi connectivity index (χ2n) is 7.43. The maximum Gasteiger partial charge on any atom is 0.246 e. The fourth-order valence-electron chi connectivity index (χ4n) is 3.58. The summed E-state index contributed by atoms with van der Waals surface area (Å²) >= 11 is 0.975. The Balaban J connectivity index is 1.58. The van der Waals surface area contributed by atoms with Crippen molar-refractivity contribution in [2.45, 2.75) is 43.5 Å². The Kier molecular flexibility index (Phi) is 5.37. The number of nitrogens with zero attached hydrogens (tertiary/aromatic N) is 3. The van der Waals surface area contributed by atoms with Crippen LogP contribution in [0.25, 0.3) is 11.0 Å². The zero-order valence-electron chi connectivity index (χ0n) is 16.2. The summed E-state index contributed by atoms with van der Waals surface area (Å²) in [4.78, 5) is 13.0. The average molecular weight is 431 g/mol. The number of amides is 1. The molecule has 1 atom stereocenters. The zero-order chi connectivity index (χ0) is 20.6. The summed E-state index contributed by atoms with van der Waals surface area (Å²) < 4.78 is 36.2. The van der Waals surface area contributed by atoms with Gasteiger partial charge in [0.15, 0.2) is 0 Å². The first kappa shape index (κ1) is 19.9. The highest BCUT2D eigenvalue weighted by molar-refractivity contribution is 7.89. The summed E-state index contributed by atoms with van der Waals surface area (Å²) in [6.07, 6.45) is 1.12. The van der Waals surface area contributed by atoms with E-state index in [-0.39, 0.29) is 10.8 Å².